The molecule has 2 atom stereocenters. The van der Waals surface area contributed by atoms with Crippen molar-refractivity contribution in [1.29, 1.82) is 0 Å². The molecule has 0 saturated heterocycles. The topological polar surface area (TPSA) is 134 Å². The highest BCUT2D eigenvalue weighted by molar-refractivity contribution is 7.92. The monoisotopic (exact) mass is 538 g/mol. The average molecular weight is 539 g/mol. The summed E-state index contributed by atoms with van der Waals surface area (Å²) in [7, 11) is -2.30. The van der Waals surface area contributed by atoms with Crippen molar-refractivity contribution in [2.75, 3.05) is 17.6 Å². The van der Waals surface area contributed by atoms with Crippen LogP contribution >= 0.6 is 0 Å². The quantitative estimate of drug-likeness (QED) is 0.348. The summed E-state index contributed by atoms with van der Waals surface area (Å²) < 4.78 is 44.2. The van der Waals surface area contributed by atoms with Gasteiger partial charge in [-0.1, -0.05) is 26.0 Å². The lowest BCUT2D eigenvalue weighted by atomic mass is 9.97. The van der Waals surface area contributed by atoms with Crippen molar-refractivity contribution in [3.63, 3.8) is 0 Å². The Balaban J connectivity index is 2.45. The summed E-state index contributed by atoms with van der Waals surface area (Å²) in [6.07, 6.45) is 1.72. The third-order valence-corrected chi connectivity index (χ3v) is 6.40. The molecule has 0 amide bonds. The molecule has 3 N–H and O–H groups in total. The fourth-order valence-electron chi connectivity index (χ4n) is 3.44. The van der Waals surface area contributed by atoms with E-state index in [-0.39, 0.29) is 30.7 Å². The number of hydrogen-bond donors (Lipinski definition) is 2. The van der Waals surface area contributed by atoms with Crippen LogP contribution in [0.15, 0.2) is 30.3 Å². The van der Waals surface area contributed by atoms with E-state index in [4.69, 9.17) is 4.74 Å². The van der Waals surface area contributed by atoms with Crippen molar-refractivity contribution in [3.8, 4) is 11.3 Å². The van der Waals surface area contributed by atoms with E-state index in [0.29, 0.717) is 22.5 Å². The van der Waals surface area contributed by atoms with Crippen molar-refractivity contribution in [3.05, 3.63) is 47.4 Å². The molecule has 0 aliphatic heterocycles. The Morgan fingerprint density at radius 2 is 1.78 bits per heavy atom. The predicted molar refractivity (Wildman–Crippen MR) is 143 cm³/mol. The van der Waals surface area contributed by atoms with Crippen LogP contribution in [0, 0.1) is 5.82 Å². The molecule has 0 unspecified atom stereocenters. The third kappa shape index (κ3) is 9.17. The molecule has 0 aliphatic carbocycles. The molecule has 0 aliphatic rings. The number of aromatic nitrogens is 2. The van der Waals surface area contributed by atoms with Gasteiger partial charge in [0.05, 0.1) is 29.9 Å². The lowest BCUT2D eigenvalue weighted by Crippen LogP contribution is -2.28. The number of nitrogens with zero attached hydrogens (tertiary/aromatic N) is 3. The minimum absolute atomic E-state index is 0.0384. The first-order valence-electron chi connectivity index (χ1n) is 11.9. The van der Waals surface area contributed by atoms with Gasteiger partial charge >= 0.3 is 5.97 Å². The first-order chi connectivity index (χ1) is 17.0. The number of ether oxygens (including phenoxy) is 1. The molecule has 0 saturated carbocycles. The standard InChI is InChI=1S/C26H36FN3O6S/c1-16(2)23-21(13-12-19(31)14-20(32)15-22(33)36-26(3,4)5)24(17-8-10-18(27)11-9-17)29-25(28-23)30(6)37(7,34)35/h8-13,16,19-20,31-32H,14-15H2,1-7H3/p+1/b13-12+/t19-,20-/m1/s1. The number of anilines is 1. The molecule has 0 fully saturated rings. The number of rotatable bonds is 10. The van der Waals surface area contributed by atoms with Gasteiger partial charge in [0.25, 0.3) is 0 Å². The van der Waals surface area contributed by atoms with Crippen LogP contribution in [0.5, 0.6) is 0 Å². The summed E-state index contributed by atoms with van der Waals surface area (Å²) in [5.74, 6) is -0.955. The minimum atomic E-state index is -3.65. The molecule has 204 valence electrons. The van der Waals surface area contributed by atoms with E-state index < -0.39 is 33.6 Å². The van der Waals surface area contributed by atoms with E-state index in [1.807, 2.05) is 13.8 Å². The van der Waals surface area contributed by atoms with Gasteiger partial charge in [0.1, 0.15) is 12.2 Å². The second kappa shape index (κ2) is 12.1. The maximum Gasteiger partial charge on any atom is 0.485 e. The number of aliphatic hydroxyl groups is 2. The highest BCUT2D eigenvalue weighted by atomic mass is 32.2. The van der Waals surface area contributed by atoms with Crippen molar-refractivity contribution in [2.24, 2.45) is 0 Å². The second-order valence-electron chi connectivity index (χ2n) is 10.2. The summed E-state index contributed by atoms with van der Waals surface area (Å²) >= 11 is 0. The van der Waals surface area contributed by atoms with Gasteiger partial charge < -0.3 is 19.7 Å². The number of carbonyl (C=O) groups excluding carboxylic acids is 1. The van der Waals surface area contributed by atoms with E-state index >= 15 is 0 Å². The zero-order valence-electron chi connectivity index (χ0n) is 22.3. The van der Waals surface area contributed by atoms with Crippen LogP contribution in [0.4, 0.5) is 10.3 Å². The Kier molecular flexibility index (Phi) is 9.92. The first kappa shape index (κ1) is 30.3. The first-order valence-corrected chi connectivity index (χ1v) is 13.7. The maximum absolute atomic E-state index is 13.6. The molecule has 0 bridgehead atoms. The summed E-state index contributed by atoms with van der Waals surface area (Å²) in [6, 6.07) is 5.59. The van der Waals surface area contributed by atoms with Crippen LogP contribution in [0.1, 0.15) is 64.6 Å². The molecule has 0 spiro atoms. The molecule has 37 heavy (non-hydrogen) atoms. The van der Waals surface area contributed by atoms with Gasteiger partial charge in [0.2, 0.25) is 16.0 Å². The zero-order chi connectivity index (χ0) is 28.1. The summed E-state index contributed by atoms with van der Waals surface area (Å²) in [4.78, 5) is 18.9. The van der Waals surface area contributed by atoms with Gasteiger partial charge in [-0.2, -0.15) is 0 Å². The fourth-order valence-corrected chi connectivity index (χ4v) is 3.82. The fraction of sp³-hybridized carbons (Fsp3) is 0.500. The van der Waals surface area contributed by atoms with Gasteiger partial charge in [-0.15, -0.1) is 0 Å². The molecule has 0 radical (unpaired) electrons. The molecular formula is C26H37FN3O6S+. The Morgan fingerprint density at radius 3 is 2.30 bits per heavy atom. The van der Waals surface area contributed by atoms with Crippen LogP contribution in [0.25, 0.3) is 17.3 Å². The third-order valence-electron chi connectivity index (χ3n) is 5.24. The van der Waals surface area contributed by atoms with Crippen LogP contribution in [-0.2, 0) is 14.8 Å². The lowest BCUT2D eigenvalue weighted by Gasteiger charge is -2.20. The van der Waals surface area contributed by atoms with Gasteiger partial charge in [0, 0.05) is 45.4 Å². The number of aliphatic hydroxyl groups excluding tert-OH is 2. The van der Waals surface area contributed by atoms with Crippen molar-refractivity contribution in [2.45, 2.75) is 71.2 Å². The Hall–Kier alpha value is -2.89. The van der Waals surface area contributed by atoms with Crippen LogP contribution < -0.4 is 4.31 Å². The van der Waals surface area contributed by atoms with E-state index in [9.17, 15) is 27.8 Å². The van der Waals surface area contributed by atoms with Gasteiger partial charge in [-0.05, 0) is 30.2 Å². The number of benzene rings is 1. The molecule has 1 aromatic carbocycles. The van der Waals surface area contributed by atoms with E-state index in [1.165, 1.54) is 37.4 Å². The van der Waals surface area contributed by atoms with E-state index in [1.54, 1.807) is 26.8 Å². The molecule has 2 rings (SSSR count). The van der Waals surface area contributed by atoms with Crippen molar-refractivity contribution in [1.82, 2.24) is 9.97 Å². The summed E-state index contributed by atoms with van der Waals surface area (Å²) in [6.45, 7) is 9.05. The highest BCUT2D eigenvalue weighted by Gasteiger charge is 2.28. The van der Waals surface area contributed by atoms with Gasteiger partial charge in [-0.3, -0.25) is 0 Å². The molecular weight excluding hydrogens is 501 g/mol. The average Bonchev–Trinajstić information content (AvgIpc) is 2.75. The van der Waals surface area contributed by atoms with Gasteiger partial charge in [-0.25, -0.2) is 27.1 Å². The van der Waals surface area contributed by atoms with Gasteiger partial charge in [0.15, 0.2) is 5.60 Å². The molecule has 11 heteroatoms. The number of halogens is 1. The SMILES string of the molecule is CC(C)c1nc(N(C)S(C)(=O)=O)nc(-c2ccc(F)cc2)c1/C=C/[C@@H](O)C[C@@H](O)CC(=[OH+])OC(C)(C)C. The number of esters is 1. The largest absolute Gasteiger partial charge is 0.485 e. The number of hydrogen-bond acceptors (Lipinski definition) is 7. The zero-order valence-corrected chi connectivity index (χ0v) is 23.1. The molecule has 1 heterocycles. The van der Waals surface area contributed by atoms with Crippen LogP contribution in [0.2, 0.25) is 0 Å². The Morgan fingerprint density at radius 1 is 1.19 bits per heavy atom. The van der Waals surface area contributed by atoms with Crippen molar-refractivity contribution >= 4 is 28.0 Å². The predicted octanol–water partition coefficient (Wildman–Crippen LogP) is 3.63. The highest BCUT2D eigenvalue weighted by Crippen LogP contribution is 2.31. The molecule has 1 aromatic heterocycles. The Labute approximate surface area is 218 Å². The molecule has 2 aromatic rings. The van der Waals surface area contributed by atoms with Crippen molar-refractivity contribution < 1.29 is 32.6 Å². The number of sulfonamides is 1. The van der Waals surface area contributed by atoms with E-state index in [2.05, 4.69) is 9.97 Å². The van der Waals surface area contributed by atoms with E-state index in [0.717, 1.165) is 10.6 Å². The van der Waals surface area contributed by atoms with Crippen LogP contribution in [-0.4, -0.2) is 70.5 Å². The smallest absolute Gasteiger partial charge is 0.392 e. The minimum Gasteiger partial charge on any atom is -0.392 e. The summed E-state index contributed by atoms with van der Waals surface area (Å²) in [5, 5.41) is 20.8. The summed E-state index contributed by atoms with van der Waals surface area (Å²) in [5.41, 5.74) is 1.31. The maximum atomic E-state index is 13.6. The lowest BCUT2D eigenvalue weighted by molar-refractivity contribution is 0.0717. The molecule has 9 nitrogen and oxygen atoms in total. The Bertz CT molecular complexity index is 1220. The normalized spacial score (nSPS) is 14.1. The van der Waals surface area contributed by atoms with Crippen LogP contribution in [0.3, 0.4) is 0 Å². The second-order valence-corrected chi connectivity index (χ2v) is 12.2.